The van der Waals surface area contributed by atoms with Gasteiger partial charge in [-0.2, -0.15) is 0 Å². The average molecular weight is 452 g/mol. The minimum absolute atomic E-state index is 0.0249. The molecule has 0 atom stereocenters. The molecule has 1 N–H and O–H groups in total. The number of carbonyl (C=O) groups excluding carboxylic acids is 1. The van der Waals surface area contributed by atoms with E-state index in [1.165, 1.54) is 16.0 Å². The summed E-state index contributed by atoms with van der Waals surface area (Å²) in [5.74, 6) is 1.35. The van der Waals surface area contributed by atoms with Crippen LogP contribution in [0.2, 0.25) is 10.0 Å². The third-order valence-corrected chi connectivity index (χ3v) is 6.96. The van der Waals surface area contributed by atoms with Crippen molar-refractivity contribution in [2.45, 2.75) is 44.3 Å². The van der Waals surface area contributed by atoms with Gasteiger partial charge in [0.15, 0.2) is 5.78 Å². The largest absolute Gasteiger partial charge is 0.484 e. The predicted molar refractivity (Wildman–Crippen MR) is 123 cm³/mol. The molecule has 0 saturated heterocycles. The molecule has 3 rings (SSSR count). The molecule has 0 spiro atoms. The number of nitrogens with one attached hydrogen (secondary N) is 1. The van der Waals surface area contributed by atoms with Crippen molar-refractivity contribution in [3.8, 4) is 5.75 Å². The molecule has 1 aliphatic heterocycles. The lowest BCUT2D eigenvalue weighted by molar-refractivity contribution is -0.128. The van der Waals surface area contributed by atoms with Gasteiger partial charge in [0.1, 0.15) is 12.4 Å². The maximum absolute atomic E-state index is 12.1. The lowest BCUT2D eigenvalue weighted by atomic mass is 9.91. The summed E-state index contributed by atoms with van der Waals surface area (Å²) >= 11 is 14.7. The summed E-state index contributed by atoms with van der Waals surface area (Å²) in [6.07, 6.45) is 2.03. The van der Waals surface area contributed by atoms with Crippen molar-refractivity contribution in [2.75, 3.05) is 19.7 Å². The maximum atomic E-state index is 12.1. The number of ketones is 1. The molecule has 0 saturated carbocycles. The van der Waals surface area contributed by atoms with Gasteiger partial charge in [0, 0.05) is 16.1 Å². The molecule has 0 aromatic heterocycles. The fourth-order valence-electron chi connectivity index (χ4n) is 3.13. The fraction of sp³-hybridized carbons (Fsp3) is 0.435. The van der Waals surface area contributed by atoms with E-state index in [-0.39, 0.29) is 12.4 Å². The van der Waals surface area contributed by atoms with Crippen LogP contribution in [0.3, 0.4) is 0 Å². The minimum atomic E-state index is -0.425. The van der Waals surface area contributed by atoms with Gasteiger partial charge in [-0.15, -0.1) is 11.8 Å². The second kappa shape index (κ2) is 9.74. The fourth-order valence-corrected chi connectivity index (χ4v) is 4.83. The number of rotatable bonds is 6. The maximum Gasteiger partial charge on any atom is 0.175 e. The Balaban J connectivity index is 1.68. The number of benzene rings is 2. The van der Waals surface area contributed by atoms with Gasteiger partial charge in [-0.05, 0) is 60.8 Å². The Morgan fingerprint density at radius 1 is 1.10 bits per heavy atom. The number of thioether (sulfide) groups is 1. The highest BCUT2D eigenvalue weighted by molar-refractivity contribution is 7.98. The molecular formula is C23H27Cl2NO2S. The van der Waals surface area contributed by atoms with E-state index in [0.717, 1.165) is 42.3 Å². The monoisotopic (exact) mass is 451 g/mol. The summed E-state index contributed by atoms with van der Waals surface area (Å²) in [4.78, 5) is 13.2. The first kappa shape index (κ1) is 22.5. The first-order valence-electron chi connectivity index (χ1n) is 9.84. The van der Waals surface area contributed by atoms with E-state index < -0.39 is 5.41 Å². The van der Waals surface area contributed by atoms with E-state index in [0.29, 0.717) is 10.8 Å². The van der Waals surface area contributed by atoms with E-state index in [1.807, 2.05) is 45.0 Å². The SMILES string of the molecule is CC(C)(C)C(=O)COc1ccc(CSc2c(Cl)ccc3c2CCNCC3)cc1Cl. The summed E-state index contributed by atoms with van der Waals surface area (Å²) in [7, 11) is 0. The summed E-state index contributed by atoms with van der Waals surface area (Å²) in [6, 6.07) is 9.89. The molecule has 0 aliphatic carbocycles. The van der Waals surface area contributed by atoms with Crippen LogP contribution in [0, 0.1) is 5.41 Å². The Bertz CT molecular complexity index is 893. The second-order valence-corrected chi connectivity index (χ2v) is 10.1. The number of hydrogen-bond acceptors (Lipinski definition) is 4. The minimum Gasteiger partial charge on any atom is -0.484 e. The van der Waals surface area contributed by atoms with E-state index in [4.69, 9.17) is 27.9 Å². The molecule has 29 heavy (non-hydrogen) atoms. The van der Waals surface area contributed by atoms with Crippen LogP contribution in [0.1, 0.15) is 37.5 Å². The topological polar surface area (TPSA) is 38.3 Å². The number of Topliss-reactive ketones (excluding diaryl/α,β-unsaturated/α-hetero) is 1. The molecule has 2 aromatic rings. The Hall–Kier alpha value is -1.20. The van der Waals surface area contributed by atoms with Crippen molar-refractivity contribution < 1.29 is 9.53 Å². The van der Waals surface area contributed by atoms with Crippen LogP contribution in [-0.4, -0.2) is 25.5 Å². The van der Waals surface area contributed by atoms with Gasteiger partial charge in [-0.1, -0.05) is 56.1 Å². The number of hydrogen-bond donors (Lipinski definition) is 1. The van der Waals surface area contributed by atoms with Crippen molar-refractivity contribution in [3.05, 3.63) is 57.1 Å². The van der Waals surface area contributed by atoms with Crippen LogP contribution < -0.4 is 10.1 Å². The van der Waals surface area contributed by atoms with Crippen molar-refractivity contribution in [2.24, 2.45) is 5.41 Å². The highest BCUT2D eigenvalue weighted by Gasteiger charge is 2.22. The number of ether oxygens (including phenoxy) is 1. The summed E-state index contributed by atoms with van der Waals surface area (Å²) in [5, 5.41) is 4.78. The number of fused-ring (bicyclic) bond motifs is 1. The van der Waals surface area contributed by atoms with E-state index >= 15 is 0 Å². The molecule has 2 aromatic carbocycles. The van der Waals surface area contributed by atoms with Crippen molar-refractivity contribution in [1.29, 1.82) is 0 Å². The third kappa shape index (κ3) is 5.91. The van der Waals surface area contributed by atoms with Crippen LogP contribution in [0.25, 0.3) is 0 Å². The Morgan fingerprint density at radius 2 is 1.86 bits per heavy atom. The highest BCUT2D eigenvalue weighted by atomic mass is 35.5. The second-order valence-electron chi connectivity index (χ2n) is 8.28. The zero-order valence-corrected chi connectivity index (χ0v) is 19.4. The van der Waals surface area contributed by atoms with Gasteiger partial charge in [-0.3, -0.25) is 4.79 Å². The summed E-state index contributed by atoms with van der Waals surface area (Å²) in [6.45, 7) is 7.65. The Labute approximate surface area is 187 Å². The standard InChI is InChI=1S/C23H27Cl2NO2S/c1-23(2,3)21(27)13-28-20-7-4-15(12-19(20)25)14-29-22-17-9-11-26-10-8-16(17)5-6-18(22)24/h4-7,12,26H,8-11,13-14H2,1-3H3. The van der Waals surface area contributed by atoms with Crippen LogP contribution in [0.4, 0.5) is 0 Å². The molecule has 0 amide bonds. The highest BCUT2D eigenvalue weighted by Crippen LogP contribution is 2.37. The summed E-state index contributed by atoms with van der Waals surface area (Å²) < 4.78 is 5.63. The number of halogens is 2. The van der Waals surface area contributed by atoms with Crippen LogP contribution in [0.5, 0.6) is 5.75 Å². The van der Waals surface area contributed by atoms with E-state index in [2.05, 4.69) is 11.4 Å². The van der Waals surface area contributed by atoms with Crippen molar-refractivity contribution >= 4 is 40.7 Å². The molecule has 3 nitrogen and oxygen atoms in total. The molecule has 0 radical (unpaired) electrons. The first-order chi connectivity index (χ1) is 13.8. The zero-order valence-electron chi connectivity index (χ0n) is 17.1. The molecule has 0 bridgehead atoms. The van der Waals surface area contributed by atoms with Gasteiger partial charge in [-0.25, -0.2) is 0 Å². The van der Waals surface area contributed by atoms with Gasteiger partial charge in [0.25, 0.3) is 0 Å². The predicted octanol–water partition coefficient (Wildman–Crippen LogP) is 5.97. The third-order valence-electron chi connectivity index (χ3n) is 5.01. The molecular weight excluding hydrogens is 425 g/mol. The smallest absolute Gasteiger partial charge is 0.175 e. The lowest BCUT2D eigenvalue weighted by Gasteiger charge is -2.17. The summed E-state index contributed by atoms with van der Waals surface area (Å²) in [5.41, 5.74) is 3.41. The van der Waals surface area contributed by atoms with Gasteiger partial charge in [0.05, 0.1) is 10.0 Å². The van der Waals surface area contributed by atoms with Crippen molar-refractivity contribution in [3.63, 3.8) is 0 Å². The molecule has 1 heterocycles. The zero-order chi connectivity index (χ0) is 21.0. The quantitative estimate of drug-likeness (QED) is 0.549. The molecule has 1 aliphatic rings. The Morgan fingerprint density at radius 3 is 2.59 bits per heavy atom. The molecule has 6 heteroatoms. The molecule has 0 fully saturated rings. The first-order valence-corrected chi connectivity index (χ1v) is 11.6. The van der Waals surface area contributed by atoms with E-state index in [9.17, 15) is 4.79 Å². The van der Waals surface area contributed by atoms with Gasteiger partial charge >= 0.3 is 0 Å². The average Bonchev–Trinajstić information content (AvgIpc) is 2.91. The van der Waals surface area contributed by atoms with Crippen LogP contribution >= 0.6 is 35.0 Å². The lowest BCUT2D eigenvalue weighted by Crippen LogP contribution is -2.26. The number of carbonyl (C=O) groups is 1. The normalized spacial score (nSPS) is 14.2. The Kier molecular flexibility index (Phi) is 7.55. The van der Waals surface area contributed by atoms with Crippen LogP contribution in [-0.2, 0) is 23.4 Å². The molecule has 0 unspecified atom stereocenters. The van der Waals surface area contributed by atoms with Gasteiger partial charge < -0.3 is 10.1 Å². The van der Waals surface area contributed by atoms with Gasteiger partial charge in [0.2, 0.25) is 0 Å². The van der Waals surface area contributed by atoms with Crippen LogP contribution in [0.15, 0.2) is 35.2 Å². The van der Waals surface area contributed by atoms with Crippen molar-refractivity contribution in [1.82, 2.24) is 5.32 Å². The van der Waals surface area contributed by atoms with E-state index in [1.54, 1.807) is 11.8 Å². The molecule has 156 valence electrons.